The minimum Gasteiger partial charge on any atom is -0.480 e. The van der Waals surface area contributed by atoms with E-state index in [0.717, 1.165) is 6.42 Å². The van der Waals surface area contributed by atoms with Crippen LogP contribution in [0.4, 0.5) is 4.79 Å². The molecular weight excluding hydrogens is 272 g/mol. The Morgan fingerprint density at radius 2 is 2.28 bits per heavy atom. The molecule has 1 heterocycles. The first-order valence-corrected chi connectivity index (χ1v) is 8.24. The number of carbonyl (C=O) groups is 2. The lowest BCUT2D eigenvalue weighted by Gasteiger charge is -2.25. The van der Waals surface area contributed by atoms with E-state index >= 15 is 0 Å². The number of nitrogens with zero attached hydrogens (tertiary/aromatic N) is 1. The Kier molecular flexibility index (Phi) is 6.14. The summed E-state index contributed by atoms with van der Waals surface area (Å²) in [4.78, 5) is 24.5. The Morgan fingerprint density at radius 3 is 2.83 bits per heavy atom. The maximum absolute atomic E-state index is 12.0. The van der Waals surface area contributed by atoms with Crippen LogP contribution in [0.3, 0.4) is 0 Å². The standard InChI is InChI=1S/C11H20N2O3S2/c1-7(17-3)4-5-12-11(16)13-8(2)18-6-9(13)10(14)15/h7-9H,4-6H2,1-3H3,(H,12,16)(H,14,15). The molecule has 1 rings (SSSR count). The summed E-state index contributed by atoms with van der Waals surface area (Å²) in [5.41, 5.74) is 0. The van der Waals surface area contributed by atoms with Gasteiger partial charge in [-0.05, 0) is 19.6 Å². The molecule has 1 aliphatic rings. The van der Waals surface area contributed by atoms with Gasteiger partial charge in [-0.3, -0.25) is 4.90 Å². The summed E-state index contributed by atoms with van der Waals surface area (Å²) in [5.74, 6) is -0.468. The highest BCUT2D eigenvalue weighted by molar-refractivity contribution is 8.00. The minimum atomic E-state index is -0.931. The van der Waals surface area contributed by atoms with E-state index in [1.807, 2.05) is 13.2 Å². The largest absolute Gasteiger partial charge is 0.480 e. The van der Waals surface area contributed by atoms with Crippen LogP contribution < -0.4 is 5.32 Å². The Bertz CT molecular complexity index is 315. The minimum absolute atomic E-state index is 0.0796. The van der Waals surface area contributed by atoms with E-state index in [1.165, 1.54) is 16.7 Å². The van der Waals surface area contributed by atoms with Gasteiger partial charge in [0.05, 0.1) is 5.37 Å². The second-order valence-corrected chi connectivity index (χ2v) is 6.89. The van der Waals surface area contributed by atoms with Gasteiger partial charge in [-0.25, -0.2) is 9.59 Å². The Balaban J connectivity index is 2.46. The molecule has 3 atom stereocenters. The molecule has 2 N–H and O–H groups in total. The average molecular weight is 292 g/mol. The van der Waals surface area contributed by atoms with E-state index in [4.69, 9.17) is 5.11 Å². The number of rotatable bonds is 5. The quantitative estimate of drug-likeness (QED) is 0.807. The number of carbonyl (C=O) groups excluding carboxylic acids is 1. The van der Waals surface area contributed by atoms with E-state index < -0.39 is 12.0 Å². The van der Waals surface area contributed by atoms with Crippen LogP contribution in [0.1, 0.15) is 20.3 Å². The van der Waals surface area contributed by atoms with Crippen LogP contribution in [0.25, 0.3) is 0 Å². The van der Waals surface area contributed by atoms with Gasteiger partial charge in [-0.1, -0.05) is 6.92 Å². The van der Waals surface area contributed by atoms with Crippen molar-refractivity contribution >= 4 is 35.5 Å². The normalized spacial score (nSPS) is 24.9. The first kappa shape index (κ1) is 15.5. The van der Waals surface area contributed by atoms with Gasteiger partial charge in [0.25, 0.3) is 0 Å². The number of nitrogens with one attached hydrogen (secondary N) is 1. The Morgan fingerprint density at radius 1 is 1.61 bits per heavy atom. The molecule has 0 radical (unpaired) electrons. The molecule has 3 unspecified atom stereocenters. The fraction of sp³-hybridized carbons (Fsp3) is 0.818. The summed E-state index contributed by atoms with van der Waals surface area (Å²) < 4.78 is 0. The maximum atomic E-state index is 12.0. The van der Waals surface area contributed by atoms with Gasteiger partial charge in [0.1, 0.15) is 6.04 Å². The highest BCUT2D eigenvalue weighted by Crippen LogP contribution is 2.28. The van der Waals surface area contributed by atoms with Gasteiger partial charge >= 0.3 is 12.0 Å². The summed E-state index contributed by atoms with van der Waals surface area (Å²) in [6, 6.07) is -0.976. The molecular formula is C11H20N2O3S2. The zero-order valence-electron chi connectivity index (χ0n) is 10.9. The lowest BCUT2D eigenvalue weighted by atomic mass is 10.3. The number of hydrogen-bond donors (Lipinski definition) is 2. The third-order valence-corrected chi connectivity index (χ3v) is 5.23. The van der Waals surface area contributed by atoms with E-state index in [2.05, 4.69) is 12.2 Å². The van der Waals surface area contributed by atoms with Gasteiger partial charge in [0.15, 0.2) is 0 Å². The molecule has 0 saturated carbocycles. The highest BCUT2D eigenvalue weighted by Gasteiger charge is 2.39. The van der Waals surface area contributed by atoms with Crippen molar-refractivity contribution < 1.29 is 14.7 Å². The summed E-state index contributed by atoms with van der Waals surface area (Å²) in [5, 5.41) is 12.3. The fourth-order valence-corrected chi connectivity index (χ4v) is 3.25. The second-order valence-electron chi connectivity index (χ2n) is 4.26. The van der Waals surface area contributed by atoms with Gasteiger partial charge in [0.2, 0.25) is 0 Å². The fourth-order valence-electron chi connectivity index (χ4n) is 1.73. The number of aliphatic carboxylic acids is 1. The lowest BCUT2D eigenvalue weighted by Crippen LogP contribution is -2.49. The number of carboxylic acids is 1. The molecule has 0 aromatic heterocycles. The van der Waals surface area contributed by atoms with Gasteiger partial charge in [-0.15, -0.1) is 11.8 Å². The molecule has 1 aliphatic heterocycles. The van der Waals surface area contributed by atoms with Crippen LogP contribution in [0.15, 0.2) is 0 Å². The molecule has 18 heavy (non-hydrogen) atoms. The van der Waals surface area contributed by atoms with Gasteiger partial charge in [0, 0.05) is 17.5 Å². The predicted molar refractivity (Wildman–Crippen MR) is 76.2 cm³/mol. The van der Waals surface area contributed by atoms with Crippen molar-refractivity contribution in [3.8, 4) is 0 Å². The number of urea groups is 1. The zero-order valence-corrected chi connectivity index (χ0v) is 12.5. The van der Waals surface area contributed by atoms with Crippen LogP contribution in [-0.2, 0) is 4.79 Å². The maximum Gasteiger partial charge on any atom is 0.327 e. The van der Waals surface area contributed by atoms with Gasteiger partial charge < -0.3 is 10.4 Å². The van der Waals surface area contributed by atoms with E-state index in [0.29, 0.717) is 17.5 Å². The van der Waals surface area contributed by atoms with E-state index in [9.17, 15) is 9.59 Å². The van der Waals surface area contributed by atoms with Crippen molar-refractivity contribution in [2.24, 2.45) is 0 Å². The van der Waals surface area contributed by atoms with Crippen LogP contribution in [-0.4, -0.2) is 57.2 Å². The van der Waals surface area contributed by atoms with Crippen molar-refractivity contribution in [2.45, 2.75) is 36.9 Å². The molecule has 7 heteroatoms. The summed E-state index contributed by atoms with van der Waals surface area (Å²) in [6.45, 7) is 4.55. The smallest absolute Gasteiger partial charge is 0.327 e. The van der Waals surface area contributed by atoms with Crippen molar-refractivity contribution in [1.82, 2.24) is 10.2 Å². The SMILES string of the molecule is CSC(C)CCNC(=O)N1C(C)SCC1C(=O)O. The van der Waals surface area contributed by atoms with Crippen LogP contribution in [0.5, 0.6) is 0 Å². The molecule has 5 nitrogen and oxygen atoms in total. The molecule has 0 aromatic carbocycles. The summed E-state index contributed by atoms with van der Waals surface area (Å²) in [7, 11) is 0. The third-order valence-electron chi connectivity index (χ3n) is 2.97. The van der Waals surface area contributed by atoms with Gasteiger partial charge in [-0.2, -0.15) is 11.8 Å². The number of amides is 2. The molecule has 0 aliphatic carbocycles. The number of carboxylic acid groups (broad SMARTS) is 1. The highest BCUT2D eigenvalue weighted by atomic mass is 32.2. The van der Waals surface area contributed by atoms with Crippen LogP contribution in [0, 0.1) is 0 Å². The zero-order chi connectivity index (χ0) is 13.7. The summed E-state index contributed by atoms with van der Waals surface area (Å²) in [6.07, 6.45) is 2.92. The van der Waals surface area contributed by atoms with Crippen LogP contribution >= 0.6 is 23.5 Å². The Hall–Kier alpha value is -0.560. The molecule has 1 fully saturated rings. The van der Waals surface area contributed by atoms with Crippen molar-refractivity contribution in [3.63, 3.8) is 0 Å². The molecule has 0 aromatic rings. The monoisotopic (exact) mass is 292 g/mol. The first-order valence-electron chi connectivity index (χ1n) is 5.90. The van der Waals surface area contributed by atoms with Crippen molar-refractivity contribution in [1.29, 1.82) is 0 Å². The molecule has 2 amide bonds. The topological polar surface area (TPSA) is 69.6 Å². The first-order chi connectivity index (χ1) is 8.47. The number of thioether (sulfide) groups is 2. The van der Waals surface area contributed by atoms with Crippen molar-refractivity contribution in [3.05, 3.63) is 0 Å². The molecule has 0 spiro atoms. The number of hydrogen-bond acceptors (Lipinski definition) is 4. The van der Waals surface area contributed by atoms with Crippen LogP contribution in [0.2, 0.25) is 0 Å². The predicted octanol–water partition coefficient (Wildman–Crippen LogP) is 1.69. The third kappa shape index (κ3) is 3.98. The lowest BCUT2D eigenvalue weighted by molar-refractivity contribution is -0.141. The molecule has 1 saturated heterocycles. The average Bonchev–Trinajstić information content (AvgIpc) is 2.70. The summed E-state index contributed by atoms with van der Waals surface area (Å²) >= 11 is 3.25. The van der Waals surface area contributed by atoms with Crippen molar-refractivity contribution in [2.75, 3.05) is 18.6 Å². The molecule has 104 valence electrons. The van der Waals surface area contributed by atoms with E-state index in [1.54, 1.807) is 11.8 Å². The molecule has 0 bridgehead atoms. The Labute approximate surface area is 116 Å². The van der Waals surface area contributed by atoms with E-state index in [-0.39, 0.29) is 11.4 Å². The second kappa shape index (κ2) is 7.13.